The minimum Gasteiger partial charge on any atom is -0.495 e. The number of aromatic nitrogens is 1. The monoisotopic (exact) mass is 443 g/mol. The Bertz CT molecular complexity index is 1160. The summed E-state index contributed by atoms with van der Waals surface area (Å²) in [7, 11) is 1.57. The van der Waals surface area contributed by atoms with E-state index in [1.165, 1.54) is 17.3 Å². The van der Waals surface area contributed by atoms with E-state index in [4.69, 9.17) is 9.72 Å². The Labute approximate surface area is 192 Å². The molecule has 0 spiro atoms. The zero-order valence-electron chi connectivity index (χ0n) is 18.2. The number of benzene rings is 2. The van der Waals surface area contributed by atoms with Crippen molar-refractivity contribution in [2.24, 2.45) is 0 Å². The van der Waals surface area contributed by atoms with Crippen LogP contribution < -0.4 is 10.1 Å². The van der Waals surface area contributed by atoms with E-state index in [-0.39, 0.29) is 5.91 Å². The maximum atomic E-state index is 12.8. The maximum Gasteiger partial charge on any atom is 0.237 e. The van der Waals surface area contributed by atoms with Gasteiger partial charge in [0.25, 0.3) is 0 Å². The first-order valence-electron chi connectivity index (χ1n) is 10.7. The minimum absolute atomic E-state index is 0.160. The molecule has 2 atom stereocenters. The number of hydrogen-bond acceptors (Lipinski definition) is 5. The van der Waals surface area contributed by atoms with Gasteiger partial charge in [0.1, 0.15) is 16.8 Å². The molecule has 0 bridgehead atoms. The highest BCUT2D eigenvalue weighted by Crippen LogP contribution is 2.35. The molecule has 0 aliphatic heterocycles. The quantitative estimate of drug-likeness (QED) is 0.520. The summed E-state index contributed by atoms with van der Waals surface area (Å²) >= 11 is 1.32. The number of nitrogens with zero attached hydrogens (tertiary/aromatic N) is 2. The van der Waals surface area contributed by atoms with Gasteiger partial charge in [0.2, 0.25) is 5.91 Å². The molecule has 2 unspecified atom stereocenters. The van der Waals surface area contributed by atoms with Crippen LogP contribution in [-0.4, -0.2) is 23.3 Å². The fraction of sp³-hybridized carbons (Fsp3) is 0.269. The van der Waals surface area contributed by atoms with E-state index in [1.807, 2.05) is 31.2 Å². The highest BCUT2D eigenvalue weighted by Gasteiger charge is 2.25. The van der Waals surface area contributed by atoms with Crippen LogP contribution in [0.25, 0.3) is 0 Å². The molecule has 162 valence electrons. The van der Waals surface area contributed by atoms with Crippen LogP contribution in [-0.2, 0) is 17.6 Å². The van der Waals surface area contributed by atoms with E-state index in [0.29, 0.717) is 27.9 Å². The molecule has 4 rings (SSSR count). The molecule has 5 nitrogen and oxygen atoms in total. The summed E-state index contributed by atoms with van der Waals surface area (Å²) in [6, 6.07) is 22.0. The Morgan fingerprint density at radius 1 is 1.22 bits per heavy atom. The Hall–Kier alpha value is -3.30. The van der Waals surface area contributed by atoms with Crippen LogP contribution in [0.5, 0.6) is 5.75 Å². The van der Waals surface area contributed by atoms with Gasteiger partial charge in [-0.3, -0.25) is 4.79 Å². The lowest BCUT2D eigenvalue weighted by Gasteiger charge is -2.25. The van der Waals surface area contributed by atoms with Gasteiger partial charge in [-0.15, -0.1) is 0 Å². The van der Waals surface area contributed by atoms with E-state index in [1.54, 1.807) is 19.2 Å². The topological polar surface area (TPSA) is 75.0 Å². The van der Waals surface area contributed by atoms with Gasteiger partial charge >= 0.3 is 0 Å². The van der Waals surface area contributed by atoms with Gasteiger partial charge in [-0.25, -0.2) is 4.98 Å². The summed E-state index contributed by atoms with van der Waals surface area (Å²) in [6.45, 7) is 1.82. The summed E-state index contributed by atoms with van der Waals surface area (Å²) < 4.78 is 5.31. The second-order valence-electron chi connectivity index (χ2n) is 7.86. The highest BCUT2D eigenvalue weighted by atomic mass is 32.2. The predicted octanol–water partition coefficient (Wildman–Crippen LogP) is 5.35. The number of hydrogen-bond donors (Lipinski definition) is 1. The smallest absolute Gasteiger partial charge is 0.237 e. The normalized spacial score (nSPS) is 15.8. The number of amides is 1. The summed E-state index contributed by atoms with van der Waals surface area (Å²) in [5.74, 6) is 0.892. The number of carbonyl (C=O) groups is 1. The highest BCUT2D eigenvalue weighted by molar-refractivity contribution is 8.00. The number of anilines is 1. The fourth-order valence-electron chi connectivity index (χ4n) is 4.03. The standard InChI is InChI=1S/C26H25N3O2S/c1-17(25(30)28-23-10-6-7-11-24(23)31-2)32-26-21(16-27)15-20-14-19(12-13-22(20)29-26)18-8-4-3-5-9-18/h3-11,15,17,19H,12-14H2,1-2H3,(H,28,30). The lowest BCUT2D eigenvalue weighted by Crippen LogP contribution is -2.23. The lowest BCUT2D eigenvalue weighted by atomic mass is 9.82. The Balaban J connectivity index is 1.50. The van der Waals surface area contributed by atoms with E-state index in [9.17, 15) is 10.1 Å². The summed E-state index contributed by atoms with van der Waals surface area (Å²) in [4.78, 5) is 17.6. The molecule has 1 aliphatic rings. The number of para-hydroxylation sites is 2. The SMILES string of the molecule is COc1ccccc1NC(=O)C(C)Sc1nc2c(cc1C#N)CC(c1ccccc1)CC2. The van der Waals surface area contributed by atoms with E-state index in [0.717, 1.165) is 30.5 Å². The van der Waals surface area contributed by atoms with Gasteiger partial charge in [0.05, 0.1) is 23.6 Å². The number of rotatable bonds is 6. The molecule has 1 N–H and O–H groups in total. The number of ether oxygens (including phenoxy) is 1. The molecule has 1 heterocycles. The molecular formula is C26H25N3O2S. The molecule has 0 saturated carbocycles. The van der Waals surface area contributed by atoms with Crippen molar-refractivity contribution in [3.8, 4) is 11.8 Å². The van der Waals surface area contributed by atoms with Crippen molar-refractivity contribution in [1.29, 1.82) is 5.26 Å². The zero-order chi connectivity index (χ0) is 22.5. The number of nitriles is 1. The first-order valence-corrected chi connectivity index (χ1v) is 11.6. The van der Waals surface area contributed by atoms with Crippen LogP contribution in [0.2, 0.25) is 0 Å². The van der Waals surface area contributed by atoms with Crippen LogP contribution >= 0.6 is 11.8 Å². The third-order valence-corrected chi connectivity index (χ3v) is 6.87. The van der Waals surface area contributed by atoms with Gasteiger partial charge in [0.15, 0.2) is 0 Å². The summed E-state index contributed by atoms with van der Waals surface area (Å²) in [6.07, 6.45) is 2.79. The number of carbonyl (C=O) groups excluding carboxylic acids is 1. The van der Waals surface area contributed by atoms with Gasteiger partial charge < -0.3 is 10.1 Å². The average Bonchev–Trinajstić information content (AvgIpc) is 2.84. The number of aryl methyl sites for hydroxylation is 1. The van der Waals surface area contributed by atoms with Crippen molar-refractivity contribution in [3.05, 3.63) is 83.0 Å². The fourth-order valence-corrected chi connectivity index (χ4v) is 4.92. The zero-order valence-corrected chi connectivity index (χ0v) is 19.0. The van der Waals surface area contributed by atoms with Crippen molar-refractivity contribution in [2.75, 3.05) is 12.4 Å². The van der Waals surface area contributed by atoms with Crippen LogP contribution in [0.1, 0.15) is 41.6 Å². The van der Waals surface area contributed by atoms with Gasteiger partial charge in [-0.2, -0.15) is 5.26 Å². The van der Waals surface area contributed by atoms with Crippen molar-refractivity contribution in [3.63, 3.8) is 0 Å². The third kappa shape index (κ3) is 4.79. The van der Waals surface area contributed by atoms with Gasteiger partial charge in [-0.05, 0) is 61.4 Å². The van der Waals surface area contributed by atoms with Gasteiger partial charge in [0, 0.05) is 5.69 Å². The predicted molar refractivity (Wildman–Crippen MR) is 127 cm³/mol. The summed E-state index contributed by atoms with van der Waals surface area (Å²) in [5, 5.41) is 12.8. The summed E-state index contributed by atoms with van der Waals surface area (Å²) in [5.41, 5.74) is 4.66. The molecule has 0 saturated heterocycles. The Morgan fingerprint density at radius 2 is 1.97 bits per heavy atom. The molecule has 0 fully saturated rings. The number of methoxy groups -OCH3 is 1. The molecule has 1 aliphatic carbocycles. The van der Waals surface area contributed by atoms with Crippen LogP contribution in [0.4, 0.5) is 5.69 Å². The molecular weight excluding hydrogens is 418 g/mol. The number of fused-ring (bicyclic) bond motifs is 1. The van der Waals surface area contributed by atoms with Crippen LogP contribution in [0.3, 0.4) is 0 Å². The molecule has 2 aromatic carbocycles. The first kappa shape index (κ1) is 21.9. The van der Waals surface area contributed by atoms with E-state index >= 15 is 0 Å². The average molecular weight is 444 g/mol. The second kappa shape index (κ2) is 9.88. The third-order valence-electron chi connectivity index (χ3n) is 5.77. The van der Waals surface area contributed by atoms with E-state index < -0.39 is 5.25 Å². The van der Waals surface area contributed by atoms with E-state index in [2.05, 4.69) is 35.7 Å². The number of thioether (sulfide) groups is 1. The molecule has 32 heavy (non-hydrogen) atoms. The van der Waals surface area contributed by atoms with Gasteiger partial charge in [-0.1, -0.05) is 54.2 Å². The van der Waals surface area contributed by atoms with Crippen molar-refractivity contribution >= 4 is 23.4 Å². The van der Waals surface area contributed by atoms with Crippen LogP contribution in [0, 0.1) is 11.3 Å². The molecule has 1 aromatic heterocycles. The molecule has 3 aromatic rings. The lowest BCUT2D eigenvalue weighted by molar-refractivity contribution is -0.115. The largest absolute Gasteiger partial charge is 0.495 e. The second-order valence-corrected chi connectivity index (χ2v) is 9.19. The Kier molecular flexibility index (Phi) is 6.77. The number of nitrogens with one attached hydrogen (secondary N) is 1. The van der Waals surface area contributed by atoms with Crippen molar-refractivity contribution < 1.29 is 9.53 Å². The molecule has 1 amide bonds. The van der Waals surface area contributed by atoms with Crippen molar-refractivity contribution in [2.45, 2.75) is 42.4 Å². The van der Waals surface area contributed by atoms with Crippen LogP contribution in [0.15, 0.2) is 65.7 Å². The minimum atomic E-state index is -0.418. The molecule has 6 heteroatoms. The van der Waals surface area contributed by atoms with Crippen molar-refractivity contribution in [1.82, 2.24) is 4.98 Å². The Morgan fingerprint density at radius 3 is 2.72 bits per heavy atom. The number of pyridine rings is 1. The first-order chi connectivity index (χ1) is 15.6. The molecule has 0 radical (unpaired) electrons. The maximum absolute atomic E-state index is 12.8.